The molecule has 1 aromatic carbocycles. The molecule has 1 aromatic heterocycles. The quantitative estimate of drug-likeness (QED) is 0.758. The highest BCUT2D eigenvalue weighted by Crippen LogP contribution is 2.21. The summed E-state index contributed by atoms with van der Waals surface area (Å²) in [5, 5.41) is 2.95. The molecule has 4 nitrogen and oxygen atoms in total. The van der Waals surface area contributed by atoms with Crippen LogP contribution in [0.25, 0.3) is 11.3 Å². The third kappa shape index (κ3) is 5.28. The first kappa shape index (κ1) is 17.4. The van der Waals surface area contributed by atoms with E-state index in [9.17, 15) is 9.18 Å². The third-order valence-corrected chi connectivity index (χ3v) is 4.40. The first-order valence-corrected chi connectivity index (χ1v) is 8.86. The van der Waals surface area contributed by atoms with Gasteiger partial charge in [0.1, 0.15) is 5.82 Å². The van der Waals surface area contributed by atoms with E-state index in [1.54, 1.807) is 18.3 Å². The molecular weight excluding hydrogens is 319 g/mol. The van der Waals surface area contributed by atoms with Gasteiger partial charge >= 0.3 is 0 Å². The molecule has 1 aliphatic carbocycles. The van der Waals surface area contributed by atoms with Crippen molar-refractivity contribution in [3.63, 3.8) is 0 Å². The fraction of sp³-hybridized carbons (Fsp3) is 0.400. The number of nitrogens with one attached hydrogen (secondary N) is 1. The van der Waals surface area contributed by atoms with E-state index in [1.165, 1.54) is 43.4 Å². The van der Waals surface area contributed by atoms with Crippen molar-refractivity contribution in [3.8, 4) is 11.3 Å². The van der Waals surface area contributed by atoms with E-state index in [-0.39, 0.29) is 11.7 Å². The molecule has 3 rings (SSSR count). The summed E-state index contributed by atoms with van der Waals surface area (Å²) in [6.07, 6.45) is 10.5. The number of halogens is 1. The van der Waals surface area contributed by atoms with E-state index < -0.39 is 0 Å². The van der Waals surface area contributed by atoms with Crippen molar-refractivity contribution in [2.75, 3.05) is 6.54 Å². The maximum atomic E-state index is 12.9. The summed E-state index contributed by atoms with van der Waals surface area (Å²) >= 11 is 0. The molecule has 0 saturated heterocycles. The number of allylic oxidation sites excluding steroid dienone is 1. The van der Waals surface area contributed by atoms with E-state index in [2.05, 4.69) is 16.4 Å². The Morgan fingerprint density at radius 2 is 2.04 bits per heavy atom. The number of rotatable bonds is 7. The van der Waals surface area contributed by atoms with Gasteiger partial charge in [0.25, 0.3) is 0 Å². The zero-order valence-electron chi connectivity index (χ0n) is 14.3. The van der Waals surface area contributed by atoms with Crippen molar-refractivity contribution in [2.45, 2.75) is 44.9 Å². The van der Waals surface area contributed by atoms with Gasteiger partial charge < -0.3 is 9.73 Å². The predicted octanol–water partition coefficient (Wildman–Crippen LogP) is 4.42. The van der Waals surface area contributed by atoms with Gasteiger partial charge in [0.15, 0.2) is 11.7 Å². The molecule has 5 heteroatoms. The van der Waals surface area contributed by atoms with Crippen LogP contribution in [0.15, 0.2) is 46.5 Å². The Labute approximate surface area is 147 Å². The number of amides is 1. The first-order valence-electron chi connectivity index (χ1n) is 8.86. The molecule has 0 aliphatic heterocycles. The second kappa shape index (κ2) is 8.60. The Balaban J connectivity index is 1.41. The Morgan fingerprint density at radius 1 is 1.20 bits per heavy atom. The maximum Gasteiger partial charge on any atom is 0.220 e. The zero-order chi connectivity index (χ0) is 17.5. The largest absolute Gasteiger partial charge is 0.441 e. The van der Waals surface area contributed by atoms with Crippen LogP contribution in [0.1, 0.15) is 44.4 Å². The maximum absolute atomic E-state index is 12.9. The van der Waals surface area contributed by atoms with Crippen LogP contribution in [0, 0.1) is 5.82 Å². The Bertz CT molecular complexity index is 734. The number of hydrogen-bond donors (Lipinski definition) is 1. The number of carbonyl (C=O) groups excluding carboxylic acids is 1. The van der Waals surface area contributed by atoms with Crippen LogP contribution in [0.2, 0.25) is 0 Å². The Morgan fingerprint density at radius 3 is 2.80 bits per heavy atom. The molecule has 0 radical (unpaired) electrons. The summed E-state index contributed by atoms with van der Waals surface area (Å²) in [4.78, 5) is 16.1. The standard InChI is InChI=1S/C20H23FN2O2/c21-17-8-6-16(7-9-17)18-14-23-20(25-18)11-10-19(24)22-13-12-15-4-2-1-3-5-15/h4,6-9,14H,1-3,5,10-13H2,(H,22,24). The van der Waals surface area contributed by atoms with Gasteiger partial charge in [-0.3, -0.25) is 4.79 Å². The minimum atomic E-state index is -0.288. The van der Waals surface area contributed by atoms with E-state index in [1.807, 2.05) is 0 Å². The average Bonchev–Trinajstić information content (AvgIpc) is 3.10. The smallest absolute Gasteiger partial charge is 0.220 e. The summed E-state index contributed by atoms with van der Waals surface area (Å²) in [6, 6.07) is 6.05. The lowest BCUT2D eigenvalue weighted by Gasteiger charge is -2.12. The van der Waals surface area contributed by atoms with Gasteiger partial charge in [-0.05, 0) is 56.4 Å². The van der Waals surface area contributed by atoms with Crippen LogP contribution in [0.4, 0.5) is 4.39 Å². The second-order valence-electron chi connectivity index (χ2n) is 6.33. The average molecular weight is 342 g/mol. The van der Waals surface area contributed by atoms with Crippen molar-refractivity contribution in [1.29, 1.82) is 0 Å². The third-order valence-electron chi connectivity index (χ3n) is 4.40. The predicted molar refractivity (Wildman–Crippen MR) is 94.4 cm³/mol. The van der Waals surface area contributed by atoms with Crippen LogP contribution >= 0.6 is 0 Å². The highest BCUT2D eigenvalue weighted by molar-refractivity contribution is 5.76. The molecule has 1 heterocycles. The van der Waals surface area contributed by atoms with Crippen LogP contribution < -0.4 is 5.32 Å². The van der Waals surface area contributed by atoms with Crippen LogP contribution in [0.5, 0.6) is 0 Å². The summed E-state index contributed by atoms with van der Waals surface area (Å²) < 4.78 is 18.6. The van der Waals surface area contributed by atoms with Gasteiger partial charge in [-0.1, -0.05) is 11.6 Å². The monoisotopic (exact) mass is 342 g/mol. The molecular formula is C20H23FN2O2. The lowest BCUT2D eigenvalue weighted by Crippen LogP contribution is -2.25. The van der Waals surface area contributed by atoms with Crippen molar-refractivity contribution < 1.29 is 13.6 Å². The first-order chi connectivity index (χ1) is 12.2. The van der Waals surface area contributed by atoms with Crippen molar-refractivity contribution in [1.82, 2.24) is 10.3 Å². The number of aromatic nitrogens is 1. The lowest BCUT2D eigenvalue weighted by atomic mass is 9.97. The van der Waals surface area contributed by atoms with Crippen LogP contribution in [-0.2, 0) is 11.2 Å². The normalized spacial score (nSPS) is 14.2. The van der Waals surface area contributed by atoms with Gasteiger partial charge in [0.2, 0.25) is 5.91 Å². The van der Waals surface area contributed by atoms with Crippen molar-refractivity contribution >= 4 is 5.91 Å². The topological polar surface area (TPSA) is 55.1 Å². The number of benzene rings is 1. The van der Waals surface area contributed by atoms with Gasteiger partial charge in [-0.25, -0.2) is 9.37 Å². The molecule has 0 bridgehead atoms. The molecule has 0 atom stereocenters. The molecule has 2 aromatic rings. The summed E-state index contributed by atoms with van der Waals surface area (Å²) in [6.45, 7) is 0.692. The van der Waals surface area contributed by atoms with Crippen LogP contribution in [-0.4, -0.2) is 17.4 Å². The van der Waals surface area contributed by atoms with Crippen LogP contribution in [0.3, 0.4) is 0 Å². The summed E-state index contributed by atoms with van der Waals surface area (Å²) in [7, 11) is 0. The molecule has 132 valence electrons. The number of nitrogens with zero attached hydrogens (tertiary/aromatic N) is 1. The number of aryl methyl sites for hydroxylation is 1. The highest BCUT2D eigenvalue weighted by atomic mass is 19.1. The molecule has 0 saturated carbocycles. The van der Waals surface area contributed by atoms with Gasteiger partial charge in [0, 0.05) is 24.9 Å². The highest BCUT2D eigenvalue weighted by Gasteiger charge is 2.10. The number of hydrogen-bond acceptors (Lipinski definition) is 3. The lowest BCUT2D eigenvalue weighted by molar-refractivity contribution is -0.121. The molecule has 1 aliphatic rings. The molecule has 0 unspecified atom stereocenters. The molecule has 1 amide bonds. The number of carbonyl (C=O) groups is 1. The van der Waals surface area contributed by atoms with E-state index in [0.29, 0.717) is 31.0 Å². The van der Waals surface area contributed by atoms with Crippen molar-refractivity contribution in [2.24, 2.45) is 0 Å². The summed E-state index contributed by atoms with van der Waals surface area (Å²) in [5.74, 6) is 0.825. The molecule has 0 spiro atoms. The van der Waals surface area contributed by atoms with Gasteiger partial charge in [-0.2, -0.15) is 0 Å². The van der Waals surface area contributed by atoms with E-state index in [0.717, 1.165) is 12.0 Å². The second-order valence-corrected chi connectivity index (χ2v) is 6.33. The van der Waals surface area contributed by atoms with E-state index >= 15 is 0 Å². The molecule has 1 N–H and O–H groups in total. The van der Waals surface area contributed by atoms with E-state index in [4.69, 9.17) is 4.42 Å². The SMILES string of the molecule is O=C(CCc1ncc(-c2ccc(F)cc2)o1)NCCC1=CCCCC1. The van der Waals surface area contributed by atoms with Gasteiger partial charge in [0.05, 0.1) is 6.20 Å². The Kier molecular flexibility index (Phi) is 5.99. The summed E-state index contributed by atoms with van der Waals surface area (Å²) in [5.41, 5.74) is 2.23. The van der Waals surface area contributed by atoms with Crippen molar-refractivity contribution in [3.05, 3.63) is 53.8 Å². The van der Waals surface area contributed by atoms with Gasteiger partial charge in [-0.15, -0.1) is 0 Å². The molecule has 0 fully saturated rings. The minimum absolute atomic E-state index is 0.0120. The molecule has 25 heavy (non-hydrogen) atoms. The minimum Gasteiger partial charge on any atom is -0.441 e. The fourth-order valence-corrected chi connectivity index (χ4v) is 2.98. The zero-order valence-corrected chi connectivity index (χ0v) is 14.3. The fourth-order valence-electron chi connectivity index (χ4n) is 2.98. The number of oxazole rings is 1. The Hall–Kier alpha value is -2.43.